The van der Waals surface area contributed by atoms with Crippen LogP contribution in [0.2, 0.25) is 0 Å². The summed E-state index contributed by atoms with van der Waals surface area (Å²) in [5.74, 6) is 0. The highest BCUT2D eigenvalue weighted by molar-refractivity contribution is 4.76. The molecule has 2 aliphatic heterocycles. The zero-order valence-electron chi connectivity index (χ0n) is 13.7. The minimum atomic E-state index is -0.297. The summed E-state index contributed by atoms with van der Waals surface area (Å²) < 4.78 is 11.2. The van der Waals surface area contributed by atoms with Gasteiger partial charge in [-0.05, 0) is 33.1 Å². The lowest BCUT2D eigenvalue weighted by Crippen LogP contribution is -2.48. The van der Waals surface area contributed by atoms with E-state index in [9.17, 15) is 5.11 Å². The molecule has 2 heterocycles. The van der Waals surface area contributed by atoms with E-state index in [0.717, 1.165) is 59.0 Å². The lowest BCUT2D eigenvalue weighted by molar-refractivity contribution is -0.0283. The van der Waals surface area contributed by atoms with Crippen LogP contribution in [0, 0.1) is 0 Å². The highest BCUT2D eigenvalue weighted by Crippen LogP contribution is 2.15. The third-order valence-electron chi connectivity index (χ3n) is 4.46. The predicted octanol–water partition coefficient (Wildman–Crippen LogP) is 0.959. The van der Waals surface area contributed by atoms with Crippen molar-refractivity contribution in [1.29, 1.82) is 0 Å². The molecular formula is C16H32N2O3. The van der Waals surface area contributed by atoms with Crippen molar-refractivity contribution >= 4 is 0 Å². The molecular weight excluding hydrogens is 268 g/mol. The van der Waals surface area contributed by atoms with Crippen LogP contribution in [0.5, 0.6) is 0 Å². The zero-order valence-corrected chi connectivity index (χ0v) is 13.7. The van der Waals surface area contributed by atoms with Crippen LogP contribution >= 0.6 is 0 Å². The van der Waals surface area contributed by atoms with Gasteiger partial charge in [0.25, 0.3) is 0 Å². The van der Waals surface area contributed by atoms with E-state index < -0.39 is 0 Å². The van der Waals surface area contributed by atoms with Crippen LogP contribution in [0.1, 0.15) is 33.1 Å². The Kier molecular flexibility index (Phi) is 7.40. The van der Waals surface area contributed by atoms with Crippen molar-refractivity contribution in [1.82, 2.24) is 9.80 Å². The Morgan fingerprint density at radius 3 is 2.57 bits per heavy atom. The second-order valence-electron chi connectivity index (χ2n) is 6.60. The summed E-state index contributed by atoms with van der Waals surface area (Å²) in [6.45, 7) is 11.2. The van der Waals surface area contributed by atoms with E-state index in [1.165, 1.54) is 12.8 Å². The average Bonchev–Trinajstić information content (AvgIpc) is 2.48. The molecule has 2 atom stereocenters. The van der Waals surface area contributed by atoms with Gasteiger partial charge in [0, 0.05) is 45.4 Å². The number of aliphatic hydroxyl groups is 1. The first-order chi connectivity index (χ1) is 10.1. The SMILES string of the molecule is CC(C)N(CC(O)CN1CCOCC1)CC1CCCCO1. The van der Waals surface area contributed by atoms with Crippen LogP contribution in [0.15, 0.2) is 0 Å². The van der Waals surface area contributed by atoms with E-state index in [1.807, 2.05) is 0 Å². The maximum absolute atomic E-state index is 10.4. The van der Waals surface area contributed by atoms with E-state index in [1.54, 1.807) is 0 Å². The van der Waals surface area contributed by atoms with E-state index in [-0.39, 0.29) is 6.10 Å². The molecule has 0 spiro atoms. The summed E-state index contributed by atoms with van der Waals surface area (Å²) in [5, 5.41) is 10.4. The first-order valence-corrected chi connectivity index (χ1v) is 8.49. The third kappa shape index (κ3) is 6.20. The van der Waals surface area contributed by atoms with Crippen LogP contribution in [0.4, 0.5) is 0 Å². The zero-order chi connectivity index (χ0) is 15.1. The Morgan fingerprint density at radius 2 is 1.95 bits per heavy atom. The normalized spacial score (nSPS) is 26.4. The minimum absolute atomic E-state index is 0.297. The molecule has 5 heteroatoms. The molecule has 2 aliphatic rings. The second-order valence-corrected chi connectivity index (χ2v) is 6.60. The van der Waals surface area contributed by atoms with Crippen molar-refractivity contribution in [2.24, 2.45) is 0 Å². The van der Waals surface area contributed by atoms with E-state index in [2.05, 4.69) is 23.6 Å². The number of ether oxygens (including phenoxy) is 2. The third-order valence-corrected chi connectivity index (χ3v) is 4.46. The number of β-amino-alcohol motifs (C(OH)–C–C–N with tert-alkyl or cyclic N) is 1. The van der Waals surface area contributed by atoms with Crippen molar-refractivity contribution in [2.75, 3.05) is 52.5 Å². The number of rotatable bonds is 7. The maximum Gasteiger partial charge on any atom is 0.0793 e. The van der Waals surface area contributed by atoms with Crippen molar-refractivity contribution in [3.8, 4) is 0 Å². The van der Waals surface area contributed by atoms with Gasteiger partial charge < -0.3 is 14.6 Å². The van der Waals surface area contributed by atoms with Crippen LogP contribution in [0.3, 0.4) is 0 Å². The van der Waals surface area contributed by atoms with Crippen LogP contribution < -0.4 is 0 Å². The van der Waals surface area contributed by atoms with Gasteiger partial charge in [-0.1, -0.05) is 0 Å². The lowest BCUT2D eigenvalue weighted by Gasteiger charge is -2.35. The minimum Gasteiger partial charge on any atom is -0.390 e. The highest BCUT2D eigenvalue weighted by Gasteiger charge is 2.23. The van der Waals surface area contributed by atoms with Crippen molar-refractivity contribution in [2.45, 2.75) is 51.4 Å². The first kappa shape index (κ1) is 17.2. The second kappa shape index (κ2) is 9.06. The summed E-state index contributed by atoms with van der Waals surface area (Å²) in [4.78, 5) is 4.66. The van der Waals surface area contributed by atoms with Gasteiger partial charge in [-0.3, -0.25) is 9.80 Å². The van der Waals surface area contributed by atoms with Gasteiger partial charge in [0.15, 0.2) is 0 Å². The van der Waals surface area contributed by atoms with Gasteiger partial charge in [0.05, 0.1) is 25.4 Å². The Morgan fingerprint density at radius 1 is 1.19 bits per heavy atom. The van der Waals surface area contributed by atoms with E-state index in [4.69, 9.17) is 9.47 Å². The van der Waals surface area contributed by atoms with Crippen molar-refractivity contribution < 1.29 is 14.6 Å². The molecule has 0 bridgehead atoms. The summed E-state index contributed by atoms with van der Waals surface area (Å²) in [6.07, 6.45) is 3.67. The summed E-state index contributed by atoms with van der Waals surface area (Å²) in [5.41, 5.74) is 0. The molecule has 2 rings (SSSR count). The summed E-state index contributed by atoms with van der Waals surface area (Å²) in [6, 6.07) is 0.440. The van der Waals surface area contributed by atoms with Gasteiger partial charge in [-0.25, -0.2) is 0 Å². The molecule has 0 saturated carbocycles. The van der Waals surface area contributed by atoms with Crippen LogP contribution in [-0.4, -0.2) is 85.7 Å². The molecule has 124 valence electrons. The Bertz CT molecular complexity index is 277. The lowest BCUT2D eigenvalue weighted by atomic mass is 10.1. The summed E-state index contributed by atoms with van der Waals surface area (Å²) >= 11 is 0. The monoisotopic (exact) mass is 300 g/mol. The maximum atomic E-state index is 10.4. The Labute approximate surface area is 129 Å². The highest BCUT2D eigenvalue weighted by atomic mass is 16.5. The first-order valence-electron chi connectivity index (χ1n) is 8.49. The fourth-order valence-electron chi connectivity index (χ4n) is 3.12. The van der Waals surface area contributed by atoms with Gasteiger partial charge in [0.1, 0.15) is 0 Å². The molecule has 2 fully saturated rings. The van der Waals surface area contributed by atoms with Gasteiger partial charge >= 0.3 is 0 Å². The molecule has 0 radical (unpaired) electrons. The molecule has 0 amide bonds. The number of morpholine rings is 1. The molecule has 21 heavy (non-hydrogen) atoms. The molecule has 2 saturated heterocycles. The number of hydrogen-bond acceptors (Lipinski definition) is 5. The standard InChI is InChI=1S/C16H32N2O3/c1-14(2)18(13-16-5-3-4-8-21-16)12-15(19)11-17-6-9-20-10-7-17/h14-16,19H,3-13H2,1-2H3. The van der Waals surface area contributed by atoms with E-state index in [0.29, 0.717) is 12.1 Å². The molecule has 0 aromatic carbocycles. The quantitative estimate of drug-likeness (QED) is 0.759. The molecule has 2 unspecified atom stereocenters. The van der Waals surface area contributed by atoms with Gasteiger partial charge in [-0.2, -0.15) is 0 Å². The molecule has 0 aromatic heterocycles. The van der Waals surface area contributed by atoms with Gasteiger partial charge in [0.2, 0.25) is 0 Å². The molecule has 0 aliphatic carbocycles. The van der Waals surface area contributed by atoms with Crippen LogP contribution in [-0.2, 0) is 9.47 Å². The number of aliphatic hydroxyl groups excluding tert-OH is 1. The van der Waals surface area contributed by atoms with E-state index >= 15 is 0 Å². The van der Waals surface area contributed by atoms with Crippen LogP contribution in [0.25, 0.3) is 0 Å². The molecule has 1 N–H and O–H groups in total. The van der Waals surface area contributed by atoms with Crippen molar-refractivity contribution in [3.05, 3.63) is 0 Å². The fourth-order valence-corrected chi connectivity index (χ4v) is 3.12. The molecule has 5 nitrogen and oxygen atoms in total. The number of hydrogen-bond donors (Lipinski definition) is 1. The Balaban J connectivity index is 1.74. The molecule has 0 aromatic rings. The topological polar surface area (TPSA) is 45.2 Å². The largest absolute Gasteiger partial charge is 0.390 e. The predicted molar refractivity (Wildman–Crippen MR) is 83.6 cm³/mol. The smallest absolute Gasteiger partial charge is 0.0793 e. The Hall–Kier alpha value is -0.200. The number of nitrogens with zero attached hydrogens (tertiary/aromatic N) is 2. The summed E-state index contributed by atoms with van der Waals surface area (Å²) in [7, 11) is 0. The average molecular weight is 300 g/mol. The van der Waals surface area contributed by atoms with Crippen molar-refractivity contribution in [3.63, 3.8) is 0 Å². The van der Waals surface area contributed by atoms with Gasteiger partial charge in [-0.15, -0.1) is 0 Å². The fraction of sp³-hybridized carbons (Fsp3) is 1.00.